The lowest BCUT2D eigenvalue weighted by Gasteiger charge is -2.22. The zero-order chi connectivity index (χ0) is 22.2. The normalized spacial score (nSPS) is 14.6. The number of pyridine rings is 1. The van der Waals surface area contributed by atoms with E-state index < -0.39 is 0 Å². The maximum absolute atomic E-state index is 13.0. The Morgan fingerprint density at radius 2 is 1.76 bits per heavy atom. The summed E-state index contributed by atoms with van der Waals surface area (Å²) >= 11 is 0. The van der Waals surface area contributed by atoms with Gasteiger partial charge in [0.2, 0.25) is 0 Å². The number of rotatable bonds is 3. The summed E-state index contributed by atoms with van der Waals surface area (Å²) in [5, 5.41) is 11.8. The number of hydrogen-bond acceptors (Lipinski definition) is 5. The summed E-state index contributed by atoms with van der Waals surface area (Å²) in [6.07, 6.45) is 2.85. The molecule has 0 aliphatic carbocycles. The molecule has 1 N–H and O–H groups in total. The van der Waals surface area contributed by atoms with Gasteiger partial charge in [0.25, 0.3) is 0 Å². The van der Waals surface area contributed by atoms with E-state index >= 15 is 0 Å². The minimum atomic E-state index is -0.00721. The lowest BCUT2D eigenvalue weighted by atomic mass is 10.1. The second-order valence-corrected chi connectivity index (χ2v) is 8.25. The molecular formula is C26H23N5O2. The lowest BCUT2D eigenvalue weighted by Crippen LogP contribution is -2.28. The smallest absolute Gasteiger partial charge is 0.191 e. The maximum Gasteiger partial charge on any atom is 0.191 e. The molecule has 7 heteroatoms. The molecule has 164 valence electrons. The zero-order valence-corrected chi connectivity index (χ0v) is 18.1. The molecule has 0 atom stereocenters. The van der Waals surface area contributed by atoms with Crippen molar-refractivity contribution >= 4 is 27.5 Å². The minimum Gasteiger partial charge on any atom is -0.380 e. The van der Waals surface area contributed by atoms with E-state index in [1.165, 1.54) is 0 Å². The van der Waals surface area contributed by atoms with Crippen molar-refractivity contribution in [1.29, 1.82) is 0 Å². The van der Waals surface area contributed by atoms with E-state index in [9.17, 15) is 4.79 Å². The third-order valence-corrected chi connectivity index (χ3v) is 6.20. The van der Waals surface area contributed by atoms with E-state index in [0.29, 0.717) is 17.7 Å². The van der Waals surface area contributed by atoms with Gasteiger partial charge in [0.1, 0.15) is 11.5 Å². The van der Waals surface area contributed by atoms with Crippen LogP contribution in [0, 0.1) is 0 Å². The van der Waals surface area contributed by atoms with Crippen LogP contribution in [0.5, 0.6) is 0 Å². The molecule has 0 amide bonds. The highest BCUT2D eigenvalue weighted by Gasteiger charge is 2.16. The van der Waals surface area contributed by atoms with Gasteiger partial charge >= 0.3 is 0 Å². The first kappa shape index (κ1) is 19.7. The van der Waals surface area contributed by atoms with E-state index in [1.807, 2.05) is 48.7 Å². The van der Waals surface area contributed by atoms with Gasteiger partial charge in [0.05, 0.1) is 24.0 Å². The number of nitrogens with one attached hydrogen (secondary N) is 1. The molecule has 0 unspecified atom stereocenters. The monoisotopic (exact) mass is 437 g/mol. The Balaban J connectivity index is 1.47. The van der Waals surface area contributed by atoms with Crippen LogP contribution in [0.4, 0.5) is 5.82 Å². The van der Waals surface area contributed by atoms with Crippen LogP contribution in [0.3, 0.4) is 0 Å². The quantitative estimate of drug-likeness (QED) is 0.459. The summed E-state index contributed by atoms with van der Waals surface area (Å²) in [6, 6.07) is 21.8. The molecule has 6 rings (SSSR count). The number of anilines is 1. The topological polar surface area (TPSA) is 76.0 Å². The standard InChI is InChI=1S/C26H23N5O2/c32-24-16-25(30-12-5-14-33-15-13-30)27-26-20(9-4-10-21(24)26)22-17-31(29-28-22)23-11-3-7-18-6-1-2-8-19(18)23/h1-4,6-11,16-17H,5,12-15H2,(H,27,32). The first-order chi connectivity index (χ1) is 16.3. The van der Waals surface area contributed by atoms with Crippen LogP contribution in [0.1, 0.15) is 6.42 Å². The Kier molecular flexibility index (Phi) is 4.88. The summed E-state index contributed by atoms with van der Waals surface area (Å²) in [5.74, 6) is 0.812. The van der Waals surface area contributed by atoms with Crippen molar-refractivity contribution < 1.29 is 4.74 Å². The van der Waals surface area contributed by atoms with E-state index in [2.05, 4.69) is 38.4 Å². The molecule has 0 bridgehead atoms. The molecular weight excluding hydrogens is 414 g/mol. The number of nitrogens with zero attached hydrogens (tertiary/aromatic N) is 4. The average molecular weight is 438 g/mol. The Morgan fingerprint density at radius 3 is 2.73 bits per heavy atom. The van der Waals surface area contributed by atoms with Gasteiger partial charge in [-0.2, -0.15) is 0 Å². The van der Waals surface area contributed by atoms with Gasteiger partial charge < -0.3 is 14.6 Å². The zero-order valence-electron chi connectivity index (χ0n) is 18.1. The van der Waals surface area contributed by atoms with Crippen LogP contribution in [0.2, 0.25) is 0 Å². The number of benzene rings is 3. The molecule has 3 heterocycles. The first-order valence-electron chi connectivity index (χ1n) is 11.2. The first-order valence-corrected chi connectivity index (χ1v) is 11.2. The van der Waals surface area contributed by atoms with Gasteiger partial charge in [0, 0.05) is 42.1 Å². The molecule has 33 heavy (non-hydrogen) atoms. The molecule has 0 radical (unpaired) electrons. The van der Waals surface area contributed by atoms with E-state index in [1.54, 1.807) is 10.7 Å². The van der Waals surface area contributed by atoms with E-state index in [0.717, 1.165) is 59.5 Å². The second-order valence-electron chi connectivity index (χ2n) is 8.25. The van der Waals surface area contributed by atoms with Gasteiger partial charge in [0.15, 0.2) is 5.43 Å². The van der Waals surface area contributed by atoms with Gasteiger partial charge in [-0.05, 0) is 23.9 Å². The molecule has 1 fully saturated rings. The molecule has 2 aromatic heterocycles. The Morgan fingerprint density at radius 1 is 0.909 bits per heavy atom. The summed E-state index contributed by atoms with van der Waals surface area (Å²) < 4.78 is 7.37. The number of ether oxygens (including phenoxy) is 1. The van der Waals surface area contributed by atoms with Crippen LogP contribution in [-0.4, -0.2) is 46.3 Å². The van der Waals surface area contributed by atoms with Crippen molar-refractivity contribution in [2.45, 2.75) is 6.42 Å². The van der Waals surface area contributed by atoms with Crippen molar-refractivity contribution in [3.05, 3.63) is 83.2 Å². The fourth-order valence-electron chi connectivity index (χ4n) is 4.54. The molecule has 0 saturated carbocycles. The van der Waals surface area contributed by atoms with Crippen LogP contribution in [0.25, 0.3) is 38.6 Å². The largest absolute Gasteiger partial charge is 0.380 e. The number of aromatic amines is 1. The number of fused-ring (bicyclic) bond motifs is 2. The number of H-pyrrole nitrogens is 1. The fraction of sp³-hybridized carbons (Fsp3) is 0.192. The second kappa shape index (κ2) is 8.18. The number of para-hydroxylation sites is 1. The highest BCUT2D eigenvalue weighted by molar-refractivity contribution is 5.94. The highest BCUT2D eigenvalue weighted by atomic mass is 16.5. The lowest BCUT2D eigenvalue weighted by molar-refractivity contribution is 0.152. The third-order valence-electron chi connectivity index (χ3n) is 6.20. The Labute approximate surface area is 190 Å². The van der Waals surface area contributed by atoms with Crippen LogP contribution < -0.4 is 10.3 Å². The van der Waals surface area contributed by atoms with Gasteiger partial charge in [-0.3, -0.25) is 4.79 Å². The van der Waals surface area contributed by atoms with Crippen molar-refractivity contribution in [1.82, 2.24) is 20.0 Å². The van der Waals surface area contributed by atoms with Gasteiger partial charge in [-0.1, -0.05) is 53.7 Å². The van der Waals surface area contributed by atoms with Gasteiger partial charge in [-0.15, -0.1) is 5.10 Å². The van der Waals surface area contributed by atoms with Crippen LogP contribution >= 0.6 is 0 Å². The molecule has 5 aromatic rings. The van der Waals surface area contributed by atoms with Crippen molar-refractivity contribution in [3.8, 4) is 16.9 Å². The molecule has 0 spiro atoms. The molecule has 7 nitrogen and oxygen atoms in total. The third kappa shape index (κ3) is 3.56. The maximum atomic E-state index is 13.0. The van der Waals surface area contributed by atoms with E-state index in [-0.39, 0.29) is 5.43 Å². The molecule has 1 aliphatic rings. The number of aromatic nitrogens is 4. The predicted molar refractivity (Wildman–Crippen MR) is 130 cm³/mol. The Hall–Kier alpha value is -3.97. The molecule has 1 aliphatic heterocycles. The fourth-order valence-corrected chi connectivity index (χ4v) is 4.54. The predicted octanol–water partition coefficient (Wildman–Crippen LogP) is 4.16. The Bertz CT molecular complexity index is 1510. The minimum absolute atomic E-state index is 0.00721. The summed E-state index contributed by atoms with van der Waals surface area (Å²) in [5.41, 5.74) is 3.29. The average Bonchev–Trinajstić information content (AvgIpc) is 3.17. The molecule has 3 aromatic carbocycles. The summed E-state index contributed by atoms with van der Waals surface area (Å²) in [6.45, 7) is 3.00. The molecule has 1 saturated heterocycles. The number of hydrogen-bond donors (Lipinski definition) is 1. The van der Waals surface area contributed by atoms with E-state index in [4.69, 9.17) is 4.74 Å². The van der Waals surface area contributed by atoms with Crippen molar-refractivity contribution in [3.63, 3.8) is 0 Å². The van der Waals surface area contributed by atoms with Crippen LogP contribution in [-0.2, 0) is 4.74 Å². The van der Waals surface area contributed by atoms with Crippen molar-refractivity contribution in [2.75, 3.05) is 31.2 Å². The summed E-state index contributed by atoms with van der Waals surface area (Å²) in [4.78, 5) is 18.6. The van der Waals surface area contributed by atoms with Crippen molar-refractivity contribution in [2.24, 2.45) is 0 Å². The van der Waals surface area contributed by atoms with Gasteiger partial charge in [-0.25, -0.2) is 4.68 Å². The SMILES string of the molecule is O=c1cc(N2CCCOCC2)[nH]c2c(-c3cn(-c4cccc5ccccc45)nn3)cccc12. The highest BCUT2D eigenvalue weighted by Crippen LogP contribution is 2.28. The van der Waals surface area contributed by atoms with Crippen LogP contribution in [0.15, 0.2) is 77.7 Å². The summed E-state index contributed by atoms with van der Waals surface area (Å²) in [7, 11) is 0.